The van der Waals surface area contributed by atoms with Crippen LogP contribution in [-0.2, 0) is 13.6 Å². The Bertz CT molecular complexity index is 1100. The number of imidazole rings is 1. The highest BCUT2D eigenvalue weighted by Crippen LogP contribution is 2.16. The number of aliphatic hydroxyl groups excluding tert-OH is 2. The van der Waals surface area contributed by atoms with Crippen molar-refractivity contribution in [3.05, 3.63) is 56.7 Å². The summed E-state index contributed by atoms with van der Waals surface area (Å²) in [5.74, 6) is 0.166. The predicted octanol–water partition coefficient (Wildman–Crippen LogP) is -0.387. The maximum absolute atomic E-state index is 12.3. The second kappa shape index (κ2) is 7.56. The van der Waals surface area contributed by atoms with Crippen LogP contribution in [0.5, 0.6) is 0 Å². The van der Waals surface area contributed by atoms with Gasteiger partial charge in [-0.1, -0.05) is 30.3 Å². The second-order valence-corrected chi connectivity index (χ2v) is 6.05. The van der Waals surface area contributed by atoms with Crippen LogP contribution in [0.25, 0.3) is 11.2 Å². The number of H-pyrrole nitrogens is 1. The number of fused-ring (bicyclic) bond motifs is 1. The third kappa shape index (κ3) is 3.66. The van der Waals surface area contributed by atoms with Crippen molar-refractivity contribution < 1.29 is 10.2 Å². The van der Waals surface area contributed by atoms with Gasteiger partial charge in [-0.05, 0) is 12.5 Å². The van der Waals surface area contributed by atoms with Gasteiger partial charge in [-0.25, -0.2) is 10.2 Å². The Morgan fingerprint density at radius 3 is 2.70 bits per heavy atom. The topological polar surface area (TPSA) is 138 Å². The third-order valence-corrected chi connectivity index (χ3v) is 4.13. The maximum atomic E-state index is 12.3. The summed E-state index contributed by atoms with van der Waals surface area (Å²) in [7, 11) is 1.47. The Balaban J connectivity index is 2.10. The Morgan fingerprint density at radius 1 is 1.33 bits per heavy atom. The van der Waals surface area contributed by atoms with Crippen molar-refractivity contribution in [2.75, 3.05) is 12.0 Å². The molecule has 4 N–H and O–H groups in total. The first kappa shape index (κ1) is 18.5. The average molecular weight is 372 g/mol. The number of anilines is 1. The predicted molar refractivity (Wildman–Crippen MR) is 101 cm³/mol. The van der Waals surface area contributed by atoms with Crippen LogP contribution in [0, 0.1) is 0 Å². The molecule has 0 amide bonds. The number of hydrogen-bond donors (Lipinski definition) is 4. The van der Waals surface area contributed by atoms with E-state index < -0.39 is 24.0 Å². The van der Waals surface area contributed by atoms with Crippen molar-refractivity contribution in [1.29, 1.82) is 0 Å². The highest BCUT2D eigenvalue weighted by Gasteiger charge is 2.19. The molecule has 10 heteroatoms. The molecule has 0 aliphatic carbocycles. The Labute approximate surface area is 153 Å². The number of nitrogens with one attached hydrogen (secondary N) is 2. The van der Waals surface area contributed by atoms with E-state index in [4.69, 9.17) is 5.11 Å². The summed E-state index contributed by atoms with van der Waals surface area (Å²) in [5.41, 5.74) is 3.36. The molecule has 0 bridgehead atoms. The molecule has 3 rings (SSSR count). The van der Waals surface area contributed by atoms with Crippen LogP contribution >= 0.6 is 0 Å². The molecule has 0 saturated carbocycles. The number of aromatic nitrogens is 4. The molecule has 2 heterocycles. The summed E-state index contributed by atoms with van der Waals surface area (Å²) in [4.78, 5) is 30.6. The summed E-state index contributed by atoms with van der Waals surface area (Å²) in [6, 6.07) is 9.46. The first-order valence-electron chi connectivity index (χ1n) is 8.26. The van der Waals surface area contributed by atoms with Crippen molar-refractivity contribution >= 4 is 22.8 Å². The lowest BCUT2D eigenvalue weighted by Gasteiger charge is -2.12. The van der Waals surface area contributed by atoms with Crippen LogP contribution in [0.4, 0.5) is 5.95 Å². The number of nitrogens with zero attached hydrogens (tertiary/aromatic N) is 4. The van der Waals surface area contributed by atoms with Gasteiger partial charge in [0.15, 0.2) is 11.2 Å². The average Bonchev–Trinajstić information content (AvgIpc) is 3.03. The molecule has 1 atom stereocenters. The number of aliphatic hydroxyl groups is 2. The molecule has 2 aromatic heterocycles. The van der Waals surface area contributed by atoms with Crippen molar-refractivity contribution in [2.45, 2.75) is 19.6 Å². The largest absolute Gasteiger partial charge is 0.394 e. The molecule has 27 heavy (non-hydrogen) atoms. The van der Waals surface area contributed by atoms with Gasteiger partial charge >= 0.3 is 5.69 Å². The first-order valence-corrected chi connectivity index (χ1v) is 8.26. The highest BCUT2D eigenvalue weighted by atomic mass is 16.3. The minimum absolute atomic E-state index is 0.0969. The minimum Gasteiger partial charge on any atom is -0.394 e. The molecular formula is C17H20N6O4. The van der Waals surface area contributed by atoms with E-state index in [1.807, 2.05) is 30.3 Å². The summed E-state index contributed by atoms with van der Waals surface area (Å²) >= 11 is 0. The lowest BCUT2D eigenvalue weighted by molar-refractivity contribution is 0.0825. The van der Waals surface area contributed by atoms with Crippen molar-refractivity contribution in [3.8, 4) is 0 Å². The smallest absolute Gasteiger partial charge is 0.329 e. The highest BCUT2D eigenvalue weighted by molar-refractivity contribution is 5.99. The van der Waals surface area contributed by atoms with E-state index in [0.717, 1.165) is 5.56 Å². The fourth-order valence-corrected chi connectivity index (χ4v) is 2.64. The van der Waals surface area contributed by atoms with Gasteiger partial charge in [0.25, 0.3) is 5.56 Å². The SMILES string of the molecule is CC(=NNc1nc2c(c(=O)[nH]c(=O)n2C)n1CC(O)CO)c1ccccc1. The number of rotatable bonds is 6. The van der Waals surface area contributed by atoms with E-state index in [-0.39, 0.29) is 23.7 Å². The lowest BCUT2D eigenvalue weighted by Crippen LogP contribution is -2.30. The molecule has 10 nitrogen and oxygen atoms in total. The molecule has 142 valence electrons. The minimum atomic E-state index is -1.11. The zero-order valence-corrected chi connectivity index (χ0v) is 14.9. The molecule has 1 unspecified atom stereocenters. The van der Waals surface area contributed by atoms with Gasteiger partial charge < -0.3 is 14.8 Å². The van der Waals surface area contributed by atoms with Gasteiger partial charge in [-0.2, -0.15) is 10.1 Å². The Hall–Kier alpha value is -3.24. The number of aryl methyl sites for hydroxylation is 1. The molecule has 1 aromatic carbocycles. The van der Waals surface area contributed by atoms with E-state index in [1.165, 1.54) is 16.2 Å². The molecule has 0 aliphatic rings. The van der Waals surface area contributed by atoms with E-state index in [9.17, 15) is 14.7 Å². The van der Waals surface area contributed by atoms with Gasteiger partial charge in [0.2, 0.25) is 5.95 Å². The third-order valence-electron chi connectivity index (χ3n) is 4.13. The normalized spacial score (nSPS) is 13.1. The van der Waals surface area contributed by atoms with Crippen LogP contribution in [0.15, 0.2) is 45.0 Å². The summed E-state index contributed by atoms with van der Waals surface area (Å²) in [6.45, 7) is 1.21. The molecule has 0 radical (unpaired) electrons. The van der Waals surface area contributed by atoms with Gasteiger partial charge in [-0.15, -0.1) is 0 Å². The summed E-state index contributed by atoms with van der Waals surface area (Å²) in [5, 5.41) is 23.3. The molecular weight excluding hydrogens is 352 g/mol. The number of benzene rings is 1. The second-order valence-electron chi connectivity index (χ2n) is 6.05. The molecule has 0 aliphatic heterocycles. The van der Waals surface area contributed by atoms with Crippen molar-refractivity contribution in [3.63, 3.8) is 0 Å². The van der Waals surface area contributed by atoms with Gasteiger partial charge in [0, 0.05) is 7.05 Å². The zero-order chi connectivity index (χ0) is 19.6. The maximum Gasteiger partial charge on any atom is 0.329 e. The Kier molecular flexibility index (Phi) is 5.19. The van der Waals surface area contributed by atoms with Crippen LogP contribution in [-0.4, -0.2) is 47.7 Å². The monoisotopic (exact) mass is 372 g/mol. The zero-order valence-electron chi connectivity index (χ0n) is 14.9. The summed E-state index contributed by atoms with van der Waals surface area (Å²) < 4.78 is 2.58. The van der Waals surface area contributed by atoms with Crippen molar-refractivity contribution in [1.82, 2.24) is 19.1 Å². The van der Waals surface area contributed by atoms with E-state index in [1.54, 1.807) is 6.92 Å². The molecule has 0 saturated heterocycles. The summed E-state index contributed by atoms with van der Waals surface area (Å²) in [6.07, 6.45) is -1.11. The molecule has 3 aromatic rings. The van der Waals surface area contributed by atoms with E-state index in [2.05, 4.69) is 20.5 Å². The lowest BCUT2D eigenvalue weighted by atomic mass is 10.1. The van der Waals surface area contributed by atoms with Crippen LogP contribution in [0.3, 0.4) is 0 Å². The Morgan fingerprint density at radius 2 is 2.04 bits per heavy atom. The van der Waals surface area contributed by atoms with Gasteiger partial charge in [-0.3, -0.25) is 14.3 Å². The molecule has 0 spiro atoms. The number of hydrazone groups is 1. The van der Waals surface area contributed by atoms with E-state index >= 15 is 0 Å². The fourth-order valence-electron chi connectivity index (χ4n) is 2.64. The fraction of sp³-hybridized carbons (Fsp3) is 0.294. The number of hydrogen-bond acceptors (Lipinski definition) is 7. The van der Waals surface area contributed by atoms with Crippen LogP contribution < -0.4 is 16.7 Å². The van der Waals surface area contributed by atoms with Crippen LogP contribution in [0.1, 0.15) is 12.5 Å². The van der Waals surface area contributed by atoms with Crippen molar-refractivity contribution in [2.24, 2.45) is 12.1 Å². The van der Waals surface area contributed by atoms with Gasteiger partial charge in [0.05, 0.1) is 25.0 Å². The van der Waals surface area contributed by atoms with Crippen LogP contribution in [0.2, 0.25) is 0 Å². The first-order chi connectivity index (χ1) is 12.9. The van der Waals surface area contributed by atoms with E-state index in [0.29, 0.717) is 5.71 Å². The quantitative estimate of drug-likeness (QED) is 0.344. The molecule has 0 fully saturated rings. The van der Waals surface area contributed by atoms with Gasteiger partial charge in [0.1, 0.15) is 0 Å². The number of aromatic amines is 1. The standard InChI is InChI=1S/C17H20N6O4/c1-10(11-6-4-3-5-7-11)20-21-16-18-14-13(23(16)8-12(25)9-24)15(26)19-17(27)22(14)2/h3-7,12,24-25H,8-9H2,1-2H3,(H,18,21)(H,19,26,27).